The van der Waals surface area contributed by atoms with E-state index in [2.05, 4.69) is 21.9 Å². The van der Waals surface area contributed by atoms with Crippen molar-refractivity contribution in [3.05, 3.63) is 78.1 Å². The van der Waals surface area contributed by atoms with Gasteiger partial charge in [0.2, 0.25) is 5.91 Å². The molecule has 2 aromatic carbocycles. The first-order chi connectivity index (χ1) is 19.3. The summed E-state index contributed by atoms with van der Waals surface area (Å²) in [6, 6.07) is 7.92. The zero-order valence-electron chi connectivity index (χ0n) is 21.7. The molecule has 1 aliphatic heterocycles. The van der Waals surface area contributed by atoms with E-state index >= 15 is 4.39 Å². The fourth-order valence-electron chi connectivity index (χ4n) is 4.90. The van der Waals surface area contributed by atoms with Crippen molar-refractivity contribution >= 4 is 28.7 Å². The summed E-state index contributed by atoms with van der Waals surface area (Å²) in [6.07, 6.45) is 4.18. The Kier molecular flexibility index (Phi) is 7.41. The lowest BCUT2D eigenvalue weighted by molar-refractivity contribution is -0.127. The molecular weight excluding hydrogens is 520 g/mol. The highest BCUT2D eigenvalue weighted by molar-refractivity contribution is 5.98. The summed E-state index contributed by atoms with van der Waals surface area (Å²) in [5.74, 6) is -1.52. The largest absolute Gasteiger partial charge is 0.496 e. The van der Waals surface area contributed by atoms with E-state index in [0.717, 1.165) is 25.0 Å². The Bertz CT molecular complexity index is 1620. The molecule has 4 aromatic rings. The van der Waals surface area contributed by atoms with Gasteiger partial charge in [0.25, 0.3) is 5.91 Å². The van der Waals surface area contributed by atoms with Crippen molar-refractivity contribution in [2.45, 2.75) is 25.4 Å². The van der Waals surface area contributed by atoms with Crippen molar-refractivity contribution in [2.75, 3.05) is 25.9 Å². The summed E-state index contributed by atoms with van der Waals surface area (Å²) in [5, 5.41) is 7.88. The fraction of sp³-hybridized carbons (Fsp3) is 0.250. The minimum absolute atomic E-state index is 0.0746. The highest BCUT2D eigenvalue weighted by Gasteiger charge is 2.28. The number of amides is 2. The summed E-state index contributed by atoms with van der Waals surface area (Å²) in [7, 11) is 1.33. The van der Waals surface area contributed by atoms with Crippen LogP contribution in [0, 0.1) is 11.6 Å². The molecule has 10 nitrogen and oxygen atoms in total. The lowest BCUT2D eigenvalue weighted by Gasteiger charge is -2.32. The molecule has 12 heteroatoms. The van der Waals surface area contributed by atoms with Gasteiger partial charge >= 0.3 is 0 Å². The van der Waals surface area contributed by atoms with Crippen LogP contribution in [0.25, 0.3) is 22.3 Å². The maximum atomic E-state index is 15.3. The normalized spacial score (nSPS) is 15.2. The molecule has 0 spiro atoms. The number of aromatic nitrogens is 4. The van der Waals surface area contributed by atoms with Gasteiger partial charge in [-0.15, -0.1) is 0 Å². The van der Waals surface area contributed by atoms with E-state index in [0.29, 0.717) is 35.4 Å². The van der Waals surface area contributed by atoms with Crippen LogP contribution in [0.5, 0.6) is 5.75 Å². The van der Waals surface area contributed by atoms with Crippen molar-refractivity contribution in [1.82, 2.24) is 30.0 Å². The van der Waals surface area contributed by atoms with Crippen LogP contribution >= 0.6 is 0 Å². The first kappa shape index (κ1) is 26.7. The number of nitrogens with one attached hydrogen (secondary N) is 1. The van der Waals surface area contributed by atoms with Gasteiger partial charge in [0, 0.05) is 36.8 Å². The molecule has 0 bridgehead atoms. The van der Waals surface area contributed by atoms with Crippen LogP contribution in [0.15, 0.2) is 55.4 Å². The van der Waals surface area contributed by atoms with Crippen molar-refractivity contribution in [3.63, 3.8) is 0 Å². The number of hydrogen-bond acceptors (Lipinski definition) is 7. The smallest absolute Gasteiger partial charge is 0.255 e. The molecule has 40 heavy (non-hydrogen) atoms. The number of rotatable bonds is 7. The van der Waals surface area contributed by atoms with Gasteiger partial charge in [-0.1, -0.05) is 18.7 Å². The number of likely N-dealkylation sites (tertiary alicyclic amines) is 1. The summed E-state index contributed by atoms with van der Waals surface area (Å²) in [6.45, 7) is 4.52. The predicted molar refractivity (Wildman–Crippen MR) is 144 cm³/mol. The predicted octanol–water partition coefficient (Wildman–Crippen LogP) is 3.64. The molecule has 0 aliphatic carbocycles. The van der Waals surface area contributed by atoms with Crippen LogP contribution in [-0.2, 0) is 11.3 Å². The molecule has 3 heterocycles. The molecule has 1 atom stereocenters. The third kappa shape index (κ3) is 5.07. The van der Waals surface area contributed by atoms with Gasteiger partial charge < -0.3 is 20.7 Å². The van der Waals surface area contributed by atoms with Crippen LogP contribution in [0.1, 0.15) is 34.8 Å². The molecule has 2 aromatic heterocycles. The number of nitrogens with zero attached hydrogens (tertiary/aromatic N) is 5. The number of nitrogens with two attached hydrogens (primary N) is 1. The standard InChI is InChI=1S/C28H27F2N7O3/c1-3-23(38)36-10-4-5-19(14-36)37-27-24(26(31)33-15-34-27)25(35-37)16-6-7-17(21(30)11-16)13-32-28(39)20-9-8-18(29)12-22(20)40-2/h3,6-9,11-12,15,19H,1,4-5,10,13-14H2,2H3,(H,32,39)(H2,31,33,34). The maximum Gasteiger partial charge on any atom is 0.255 e. The van der Waals surface area contributed by atoms with Gasteiger partial charge in [0.15, 0.2) is 5.65 Å². The number of halogens is 2. The lowest BCUT2D eigenvalue weighted by atomic mass is 10.1. The quantitative estimate of drug-likeness (QED) is 0.338. The van der Waals surface area contributed by atoms with Crippen LogP contribution in [0.4, 0.5) is 14.6 Å². The molecule has 0 saturated carbocycles. The number of piperidine rings is 1. The Labute approximate surface area is 228 Å². The summed E-state index contributed by atoms with van der Waals surface area (Å²) in [5.41, 5.74) is 7.93. The number of hydrogen-bond donors (Lipinski definition) is 2. The summed E-state index contributed by atoms with van der Waals surface area (Å²) >= 11 is 0. The van der Waals surface area contributed by atoms with Crippen molar-refractivity contribution in [1.29, 1.82) is 0 Å². The first-order valence-corrected chi connectivity index (χ1v) is 12.6. The third-order valence-electron chi connectivity index (χ3n) is 6.92. The lowest BCUT2D eigenvalue weighted by Crippen LogP contribution is -2.40. The Morgan fingerprint density at radius 3 is 2.80 bits per heavy atom. The molecule has 2 amide bonds. The fourth-order valence-corrected chi connectivity index (χ4v) is 4.90. The third-order valence-corrected chi connectivity index (χ3v) is 6.92. The number of benzene rings is 2. The highest BCUT2D eigenvalue weighted by atomic mass is 19.1. The van der Waals surface area contributed by atoms with E-state index in [1.54, 1.807) is 21.7 Å². The maximum absolute atomic E-state index is 15.3. The van der Waals surface area contributed by atoms with Crippen molar-refractivity contribution in [3.8, 4) is 17.0 Å². The van der Waals surface area contributed by atoms with Gasteiger partial charge in [0.1, 0.15) is 35.2 Å². The van der Waals surface area contributed by atoms with Crippen LogP contribution < -0.4 is 15.8 Å². The van der Waals surface area contributed by atoms with Crippen LogP contribution in [-0.4, -0.2) is 56.7 Å². The van der Waals surface area contributed by atoms with E-state index in [9.17, 15) is 14.0 Å². The zero-order chi connectivity index (χ0) is 28.4. The Balaban J connectivity index is 1.42. The molecule has 1 unspecified atom stereocenters. The molecule has 0 radical (unpaired) electrons. The molecule has 3 N–H and O–H groups in total. The molecule has 1 saturated heterocycles. The van der Waals surface area contributed by atoms with Crippen LogP contribution in [0.2, 0.25) is 0 Å². The number of fused-ring (bicyclic) bond motifs is 1. The second-order valence-corrected chi connectivity index (χ2v) is 9.37. The second kappa shape index (κ2) is 11.1. The van der Waals surface area contributed by atoms with E-state index in [4.69, 9.17) is 15.6 Å². The number of carbonyl (C=O) groups excluding carboxylic acids is 2. The Morgan fingerprint density at radius 1 is 1.23 bits per heavy atom. The average Bonchev–Trinajstić information content (AvgIpc) is 3.37. The van der Waals surface area contributed by atoms with E-state index in [1.807, 2.05) is 0 Å². The molecule has 5 rings (SSSR count). The molecular formula is C28H27F2N7O3. The summed E-state index contributed by atoms with van der Waals surface area (Å²) < 4.78 is 35.5. The van der Waals surface area contributed by atoms with Gasteiger partial charge in [-0.3, -0.25) is 9.59 Å². The number of ether oxygens (including phenoxy) is 1. The van der Waals surface area contributed by atoms with Gasteiger partial charge in [-0.05, 0) is 37.1 Å². The summed E-state index contributed by atoms with van der Waals surface area (Å²) in [4.78, 5) is 35.1. The number of methoxy groups -OCH3 is 1. The average molecular weight is 548 g/mol. The molecule has 206 valence electrons. The van der Waals surface area contributed by atoms with Gasteiger partial charge in [-0.25, -0.2) is 23.4 Å². The van der Waals surface area contributed by atoms with Crippen molar-refractivity contribution in [2.24, 2.45) is 0 Å². The van der Waals surface area contributed by atoms with Gasteiger partial charge in [-0.2, -0.15) is 5.10 Å². The highest BCUT2D eigenvalue weighted by Crippen LogP contribution is 2.34. The first-order valence-electron chi connectivity index (χ1n) is 12.6. The van der Waals surface area contributed by atoms with Crippen LogP contribution in [0.3, 0.4) is 0 Å². The van der Waals surface area contributed by atoms with Gasteiger partial charge in [0.05, 0.1) is 24.1 Å². The van der Waals surface area contributed by atoms with E-state index in [-0.39, 0.29) is 41.2 Å². The zero-order valence-corrected chi connectivity index (χ0v) is 21.7. The van der Waals surface area contributed by atoms with E-state index < -0.39 is 17.5 Å². The number of carbonyl (C=O) groups is 2. The molecule has 1 fully saturated rings. The monoisotopic (exact) mass is 547 g/mol. The number of anilines is 1. The molecule has 1 aliphatic rings. The van der Waals surface area contributed by atoms with Crippen molar-refractivity contribution < 1.29 is 23.1 Å². The minimum Gasteiger partial charge on any atom is -0.496 e. The topological polar surface area (TPSA) is 128 Å². The Hall–Kier alpha value is -4.87. The SMILES string of the molecule is C=CC(=O)N1CCCC(n2nc(-c3ccc(CNC(=O)c4ccc(F)cc4OC)c(F)c3)c3c(N)ncnc32)C1. The van der Waals surface area contributed by atoms with E-state index in [1.165, 1.54) is 31.6 Å². The number of nitrogen functional groups attached to an aromatic ring is 1. The Morgan fingerprint density at radius 2 is 2.05 bits per heavy atom. The minimum atomic E-state index is -0.567. The second-order valence-electron chi connectivity index (χ2n) is 9.37.